The summed E-state index contributed by atoms with van der Waals surface area (Å²) in [6, 6.07) is 11.6. The molecule has 0 amide bonds. The minimum Gasteiger partial charge on any atom is -0.304 e. The number of fused-ring (bicyclic) bond motifs is 1. The van der Waals surface area contributed by atoms with Crippen molar-refractivity contribution in [1.29, 1.82) is 0 Å². The predicted octanol–water partition coefficient (Wildman–Crippen LogP) is 3.22. The quantitative estimate of drug-likeness (QED) is 0.736. The summed E-state index contributed by atoms with van der Waals surface area (Å²) in [5, 5.41) is 0. The van der Waals surface area contributed by atoms with E-state index in [0.29, 0.717) is 11.0 Å². The predicted molar refractivity (Wildman–Crippen MR) is 71.6 cm³/mol. The van der Waals surface area contributed by atoms with Crippen LogP contribution in [0.5, 0.6) is 0 Å². The van der Waals surface area contributed by atoms with Gasteiger partial charge < -0.3 is 4.98 Å². The van der Waals surface area contributed by atoms with Crippen LogP contribution in [-0.4, -0.2) is 9.55 Å². The average Bonchev–Trinajstić information content (AvgIpc) is 2.68. The summed E-state index contributed by atoms with van der Waals surface area (Å²) in [5.41, 5.74) is 1.18. The number of imidazole rings is 1. The van der Waals surface area contributed by atoms with Gasteiger partial charge in [-0.1, -0.05) is 18.2 Å². The molecule has 90 valence electrons. The van der Waals surface area contributed by atoms with Crippen molar-refractivity contribution in [1.82, 2.24) is 9.55 Å². The van der Waals surface area contributed by atoms with Gasteiger partial charge in [-0.3, -0.25) is 4.57 Å². The van der Waals surface area contributed by atoms with Crippen molar-refractivity contribution in [3.05, 3.63) is 63.2 Å². The molecule has 1 aromatic heterocycles. The largest absolute Gasteiger partial charge is 0.331 e. The third kappa shape index (κ3) is 1.59. The zero-order valence-corrected chi connectivity index (χ0v) is 10.7. The Morgan fingerprint density at radius 2 is 1.89 bits per heavy atom. The molecular weight excluding hydrogens is 299 g/mol. The summed E-state index contributed by atoms with van der Waals surface area (Å²) in [6.45, 7) is 0. The highest BCUT2D eigenvalue weighted by Crippen LogP contribution is 2.23. The van der Waals surface area contributed by atoms with Gasteiger partial charge >= 0.3 is 5.69 Å². The molecule has 0 saturated heterocycles. The lowest BCUT2D eigenvalue weighted by Gasteiger charge is -2.04. The van der Waals surface area contributed by atoms with E-state index in [2.05, 4.69) is 20.9 Å². The first kappa shape index (κ1) is 11.2. The molecule has 3 nitrogen and oxygen atoms in total. The van der Waals surface area contributed by atoms with Crippen molar-refractivity contribution in [2.45, 2.75) is 0 Å². The van der Waals surface area contributed by atoms with E-state index in [1.165, 1.54) is 10.6 Å². The third-order valence-corrected chi connectivity index (χ3v) is 3.42. The van der Waals surface area contributed by atoms with Crippen molar-refractivity contribution in [2.24, 2.45) is 0 Å². The molecule has 3 rings (SSSR count). The second-order valence-corrected chi connectivity index (χ2v) is 4.71. The molecule has 0 radical (unpaired) electrons. The molecule has 0 spiro atoms. The van der Waals surface area contributed by atoms with E-state index >= 15 is 0 Å². The number of rotatable bonds is 1. The molecule has 18 heavy (non-hydrogen) atoms. The van der Waals surface area contributed by atoms with Crippen LogP contribution in [0.15, 0.2) is 51.7 Å². The number of para-hydroxylation sites is 2. The number of aromatic amines is 1. The van der Waals surface area contributed by atoms with E-state index in [1.54, 1.807) is 30.3 Å². The standard InChI is InChI=1S/C13H8BrFN2O/c14-8-4-3-7-11-12(8)16-13(18)17(11)10-6-2-1-5-9(10)15/h1-7H,(H,16,18). The lowest BCUT2D eigenvalue weighted by molar-refractivity contribution is 0.618. The van der Waals surface area contributed by atoms with E-state index in [9.17, 15) is 9.18 Å². The van der Waals surface area contributed by atoms with Gasteiger partial charge in [0.25, 0.3) is 0 Å². The lowest BCUT2D eigenvalue weighted by atomic mass is 10.2. The average molecular weight is 307 g/mol. The molecule has 2 aromatic carbocycles. The fourth-order valence-corrected chi connectivity index (χ4v) is 2.42. The zero-order valence-electron chi connectivity index (χ0n) is 9.15. The maximum Gasteiger partial charge on any atom is 0.331 e. The van der Waals surface area contributed by atoms with Crippen molar-refractivity contribution < 1.29 is 4.39 Å². The first-order valence-corrected chi connectivity index (χ1v) is 6.12. The number of benzene rings is 2. The Morgan fingerprint density at radius 1 is 1.11 bits per heavy atom. The van der Waals surface area contributed by atoms with Gasteiger partial charge in [0.1, 0.15) is 5.82 Å². The van der Waals surface area contributed by atoms with Crippen LogP contribution in [0, 0.1) is 5.82 Å². The number of hydrogen-bond donors (Lipinski definition) is 1. The fraction of sp³-hybridized carbons (Fsp3) is 0. The topological polar surface area (TPSA) is 37.8 Å². The van der Waals surface area contributed by atoms with Crippen LogP contribution in [-0.2, 0) is 0 Å². The second kappa shape index (κ2) is 4.10. The highest BCUT2D eigenvalue weighted by atomic mass is 79.9. The van der Waals surface area contributed by atoms with Gasteiger partial charge in [0.15, 0.2) is 0 Å². The number of nitrogens with one attached hydrogen (secondary N) is 1. The number of halogens is 2. The molecule has 0 aliphatic heterocycles. The van der Waals surface area contributed by atoms with Gasteiger partial charge in [0.2, 0.25) is 0 Å². The minimum atomic E-state index is -0.430. The molecule has 0 atom stereocenters. The summed E-state index contributed by atoms with van der Waals surface area (Å²) < 4.78 is 15.9. The van der Waals surface area contributed by atoms with Gasteiger partial charge in [0, 0.05) is 4.47 Å². The number of aromatic nitrogens is 2. The Kier molecular flexibility index (Phi) is 2.56. The molecule has 1 heterocycles. The van der Waals surface area contributed by atoms with Crippen LogP contribution in [0.2, 0.25) is 0 Å². The molecule has 0 saturated carbocycles. The van der Waals surface area contributed by atoms with Gasteiger partial charge in [0.05, 0.1) is 16.7 Å². The van der Waals surface area contributed by atoms with Crippen molar-refractivity contribution in [2.75, 3.05) is 0 Å². The second-order valence-electron chi connectivity index (χ2n) is 3.85. The first-order valence-electron chi connectivity index (χ1n) is 5.32. The van der Waals surface area contributed by atoms with Crippen LogP contribution in [0.1, 0.15) is 0 Å². The van der Waals surface area contributed by atoms with Crippen LogP contribution in [0.3, 0.4) is 0 Å². The van der Waals surface area contributed by atoms with Crippen molar-refractivity contribution in [3.63, 3.8) is 0 Å². The number of nitrogens with zero attached hydrogens (tertiary/aromatic N) is 1. The number of hydrogen-bond acceptors (Lipinski definition) is 1. The summed E-state index contributed by atoms with van der Waals surface area (Å²) in [6.07, 6.45) is 0. The Balaban J connectivity index is 2.44. The van der Waals surface area contributed by atoms with Gasteiger partial charge in [-0.15, -0.1) is 0 Å². The smallest absolute Gasteiger partial charge is 0.304 e. The van der Waals surface area contributed by atoms with E-state index in [1.807, 2.05) is 6.07 Å². The van der Waals surface area contributed by atoms with Crippen LogP contribution < -0.4 is 5.69 Å². The summed E-state index contributed by atoms with van der Waals surface area (Å²) in [7, 11) is 0. The Hall–Kier alpha value is -1.88. The van der Waals surface area contributed by atoms with E-state index in [-0.39, 0.29) is 11.4 Å². The molecular formula is C13H8BrFN2O. The van der Waals surface area contributed by atoms with E-state index in [4.69, 9.17) is 0 Å². The first-order chi connectivity index (χ1) is 8.68. The molecule has 5 heteroatoms. The zero-order chi connectivity index (χ0) is 12.7. The van der Waals surface area contributed by atoms with Gasteiger partial charge in [-0.25, -0.2) is 9.18 Å². The normalized spacial score (nSPS) is 11.0. The molecule has 0 aliphatic rings. The van der Waals surface area contributed by atoms with Gasteiger partial charge in [-0.05, 0) is 40.2 Å². The van der Waals surface area contributed by atoms with Gasteiger partial charge in [-0.2, -0.15) is 0 Å². The minimum absolute atomic E-state index is 0.242. The van der Waals surface area contributed by atoms with Crippen LogP contribution >= 0.6 is 15.9 Å². The lowest BCUT2D eigenvalue weighted by Crippen LogP contribution is -2.15. The highest BCUT2D eigenvalue weighted by molar-refractivity contribution is 9.10. The molecule has 3 aromatic rings. The highest BCUT2D eigenvalue weighted by Gasteiger charge is 2.12. The van der Waals surface area contributed by atoms with Crippen LogP contribution in [0.25, 0.3) is 16.7 Å². The third-order valence-electron chi connectivity index (χ3n) is 2.76. The Morgan fingerprint density at radius 3 is 2.67 bits per heavy atom. The van der Waals surface area contributed by atoms with Crippen molar-refractivity contribution >= 4 is 27.0 Å². The summed E-state index contributed by atoms with van der Waals surface area (Å²) in [5.74, 6) is -0.430. The Labute approximate surface area is 110 Å². The SMILES string of the molecule is O=c1[nH]c2c(Br)cccc2n1-c1ccccc1F. The summed E-state index contributed by atoms with van der Waals surface area (Å²) in [4.78, 5) is 14.7. The van der Waals surface area contributed by atoms with Crippen molar-refractivity contribution in [3.8, 4) is 5.69 Å². The monoisotopic (exact) mass is 306 g/mol. The van der Waals surface area contributed by atoms with E-state index < -0.39 is 5.82 Å². The molecule has 0 unspecified atom stereocenters. The summed E-state index contributed by atoms with van der Waals surface area (Å²) >= 11 is 3.36. The molecule has 0 bridgehead atoms. The van der Waals surface area contributed by atoms with Crippen LogP contribution in [0.4, 0.5) is 4.39 Å². The Bertz CT molecular complexity index is 791. The fourth-order valence-electron chi connectivity index (χ4n) is 1.97. The molecule has 1 N–H and O–H groups in total. The molecule has 0 aliphatic carbocycles. The molecule has 0 fully saturated rings. The maximum atomic E-state index is 13.8. The number of H-pyrrole nitrogens is 1. The van der Waals surface area contributed by atoms with E-state index in [0.717, 1.165) is 4.47 Å². The maximum absolute atomic E-state index is 13.8.